The SMILES string of the molecule is Oc1c(F)c(F)c(O)c(-c2c(O)c(F)c(F)c(F)c2O)c1F. The molecule has 118 valence electrons. The second kappa shape index (κ2) is 4.90. The molecular weight excluding hydrogens is 322 g/mol. The van der Waals surface area contributed by atoms with Crippen molar-refractivity contribution >= 4 is 0 Å². The molecule has 0 heterocycles. The molecule has 0 fully saturated rings. The van der Waals surface area contributed by atoms with Crippen LogP contribution in [0.5, 0.6) is 23.0 Å². The van der Waals surface area contributed by atoms with E-state index in [4.69, 9.17) is 5.11 Å². The van der Waals surface area contributed by atoms with Crippen LogP contribution in [0, 0.1) is 34.9 Å². The lowest BCUT2D eigenvalue weighted by Gasteiger charge is -2.14. The van der Waals surface area contributed by atoms with Crippen LogP contribution in [0.1, 0.15) is 0 Å². The first-order valence-corrected chi connectivity index (χ1v) is 5.28. The number of phenols is 4. The molecule has 0 saturated carbocycles. The molecule has 10 heteroatoms. The van der Waals surface area contributed by atoms with Gasteiger partial charge in [-0.05, 0) is 0 Å². The summed E-state index contributed by atoms with van der Waals surface area (Å²) in [6.45, 7) is 0. The Labute approximate surface area is 117 Å². The standard InChI is InChI=1S/C12H4F6O4/c13-3-1(9(19)7(17)8(18)12(3)22)2-10(20)5(15)4(14)6(16)11(2)21/h19-22H. The molecule has 0 saturated heterocycles. The van der Waals surface area contributed by atoms with E-state index in [0.717, 1.165) is 0 Å². The van der Waals surface area contributed by atoms with Crippen LogP contribution in [-0.2, 0) is 0 Å². The van der Waals surface area contributed by atoms with E-state index in [2.05, 4.69) is 0 Å². The molecule has 0 bridgehead atoms. The van der Waals surface area contributed by atoms with E-state index >= 15 is 0 Å². The fourth-order valence-electron chi connectivity index (χ4n) is 1.74. The van der Waals surface area contributed by atoms with E-state index in [1.807, 2.05) is 0 Å². The smallest absolute Gasteiger partial charge is 0.207 e. The van der Waals surface area contributed by atoms with Crippen LogP contribution in [0.3, 0.4) is 0 Å². The highest BCUT2D eigenvalue weighted by atomic mass is 19.2. The van der Waals surface area contributed by atoms with Crippen molar-refractivity contribution in [1.29, 1.82) is 0 Å². The summed E-state index contributed by atoms with van der Waals surface area (Å²) < 4.78 is 79.5. The molecule has 0 aromatic heterocycles. The zero-order chi connectivity index (χ0) is 16.9. The maximum Gasteiger partial charge on any atom is 0.207 e. The summed E-state index contributed by atoms with van der Waals surface area (Å²) in [6, 6.07) is 0. The Hall–Kier alpha value is -2.78. The average molecular weight is 326 g/mol. The Kier molecular flexibility index (Phi) is 3.47. The molecule has 4 N–H and O–H groups in total. The zero-order valence-electron chi connectivity index (χ0n) is 10.1. The number of hydrogen-bond donors (Lipinski definition) is 4. The summed E-state index contributed by atoms with van der Waals surface area (Å²) in [5, 5.41) is 37.0. The van der Waals surface area contributed by atoms with Crippen LogP contribution in [0.2, 0.25) is 0 Å². The number of hydrogen-bond acceptors (Lipinski definition) is 4. The van der Waals surface area contributed by atoms with E-state index in [1.165, 1.54) is 0 Å². The third-order valence-electron chi connectivity index (χ3n) is 2.80. The molecule has 0 atom stereocenters. The van der Waals surface area contributed by atoms with Gasteiger partial charge in [-0.25, -0.2) is 8.78 Å². The summed E-state index contributed by atoms with van der Waals surface area (Å²) >= 11 is 0. The Balaban J connectivity index is 3.03. The first kappa shape index (κ1) is 15.6. The zero-order valence-corrected chi connectivity index (χ0v) is 10.1. The summed E-state index contributed by atoms with van der Waals surface area (Å²) in [4.78, 5) is 0. The van der Waals surface area contributed by atoms with Gasteiger partial charge in [0, 0.05) is 0 Å². The van der Waals surface area contributed by atoms with Crippen molar-refractivity contribution in [2.45, 2.75) is 0 Å². The van der Waals surface area contributed by atoms with Gasteiger partial charge in [-0.1, -0.05) is 0 Å². The van der Waals surface area contributed by atoms with Gasteiger partial charge in [-0.15, -0.1) is 0 Å². The first-order chi connectivity index (χ1) is 10.1. The molecule has 0 radical (unpaired) electrons. The number of aromatic hydroxyl groups is 4. The van der Waals surface area contributed by atoms with Crippen LogP contribution in [0.4, 0.5) is 26.3 Å². The van der Waals surface area contributed by atoms with Gasteiger partial charge in [0.15, 0.2) is 28.8 Å². The molecular formula is C12H4F6O4. The maximum absolute atomic E-state index is 13.7. The topological polar surface area (TPSA) is 80.9 Å². The molecule has 0 aliphatic carbocycles. The minimum atomic E-state index is -2.33. The van der Waals surface area contributed by atoms with Crippen molar-refractivity contribution in [2.24, 2.45) is 0 Å². The summed E-state index contributed by atoms with van der Waals surface area (Å²) in [6.07, 6.45) is 0. The largest absolute Gasteiger partial charge is 0.504 e. The Morgan fingerprint density at radius 2 is 0.682 bits per heavy atom. The van der Waals surface area contributed by atoms with Crippen molar-refractivity contribution < 1.29 is 46.8 Å². The van der Waals surface area contributed by atoms with Gasteiger partial charge in [0.05, 0.1) is 11.1 Å². The van der Waals surface area contributed by atoms with E-state index in [0.29, 0.717) is 0 Å². The molecule has 2 aromatic rings. The monoisotopic (exact) mass is 326 g/mol. The van der Waals surface area contributed by atoms with Gasteiger partial charge >= 0.3 is 0 Å². The summed E-state index contributed by atoms with van der Waals surface area (Å²) in [5.74, 6) is -21.2. The number of halogens is 6. The number of benzene rings is 2. The second-order valence-corrected chi connectivity index (χ2v) is 4.03. The lowest BCUT2D eigenvalue weighted by molar-refractivity contribution is 0.347. The highest BCUT2D eigenvalue weighted by molar-refractivity contribution is 5.82. The lowest BCUT2D eigenvalue weighted by Crippen LogP contribution is -2.00. The molecule has 22 heavy (non-hydrogen) atoms. The Bertz CT molecular complexity index is 680. The Morgan fingerprint density at radius 3 is 1.14 bits per heavy atom. The van der Waals surface area contributed by atoms with Crippen molar-refractivity contribution in [3.8, 4) is 34.1 Å². The Morgan fingerprint density at radius 1 is 0.364 bits per heavy atom. The highest BCUT2D eigenvalue weighted by Crippen LogP contribution is 2.49. The van der Waals surface area contributed by atoms with Crippen molar-refractivity contribution in [3.05, 3.63) is 34.9 Å². The van der Waals surface area contributed by atoms with Crippen LogP contribution in [0.25, 0.3) is 11.1 Å². The second-order valence-electron chi connectivity index (χ2n) is 4.03. The lowest BCUT2D eigenvalue weighted by atomic mass is 9.99. The van der Waals surface area contributed by atoms with Gasteiger partial charge in [-0.2, -0.15) is 17.6 Å². The van der Waals surface area contributed by atoms with Crippen LogP contribution >= 0.6 is 0 Å². The molecule has 0 aliphatic heterocycles. The number of rotatable bonds is 1. The van der Waals surface area contributed by atoms with Crippen LogP contribution in [-0.4, -0.2) is 20.4 Å². The van der Waals surface area contributed by atoms with Gasteiger partial charge < -0.3 is 20.4 Å². The third-order valence-corrected chi connectivity index (χ3v) is 2.80. The summed E-state index contributed by atoms with van der Waals surface area (Å²) in [7, 11) is 0. The van der Waals surface area contributed by atoms with Gasteiger partial charge in [-0.3, -0.25) is 0 Å². The molecule has 2 aromatic carbocycles. The fourth-order valence-corrected chi connectivity index (χ4v) is 1.74. The van der Waals surface area contributed by atoms with Crippen molar-refractivity contribution in [1.82, 2.24) is 0 Å². The van der Waals surface area contributed by atoms with Crippen LogP contribution < -0.4 is 0 Å². The molecule has 0 amide bonds. The molecule has 2 rings (SSSR count). The molecule has 0 aliphatic rings. The fraction of sp³-hybridized carbons (Fsp3) is 0. The number of phenolic OH excluding ortho intramolecular Hbond substituents is 4. The molecule has 0 unspecified atom stereocenters. The molecule has 4 nitrogen and oxygen atoms in total. The minimum Gasteiger partial charge on any atom is -0.504 e. The maximum atomic E-state index is 13.7. The minimum absolute atomic E-state index is 1.61. The quantitative estimate of drug-likeness (QED) is 0.281. The van der Waals surface area contributed by atoms with Gasteiger partial charge in [0.1, 0.15) is 0 Å². The van der Waals surface area contributed by atoms with Crippen LogP contribution in [0.15, 0.2) is 0 Å². The highest BCUT2D eigenvalue weighted by Gasteiger charge is 2.33. The van der Waals surface area contributed by atoms with Gasteiger partial charge in [0.25, 0.3) is 0 Å². The first-order valence-electron chi connectivity index (χ1n) is 5.28. The van der Waals surface area contributed by atoms with Crippen molar-refractivity contribution in [3.63, 3.8) is 0 Å². The van der Waals surface area contributed by atoms with Crippen molar-refractivity contribution in [2.75, 3.05) is 0 Å². The molecule has 0 spiro atoms. The van der Waals surface area contributed by atoms with E-state index in [9.17, 15) is 41.7 Å². The average Bonchev–Trinajstić information content (AvgIpc) is 2.50. The summed E-state index contributed by atoms with van der Waals surface area (Å²) in [5.41, 5.74) is -3.27. The predicted octanol–water partition coefficient (Wildman–Crippen LogP) is 3.01. The van der Waals surface area contributed by atoms with E-state index in [-0.39, 0.29) is 0 Å². The normalized spacial score (nSPS) is 11.0. The third kappa shape index (κ3) is 1.87. The predicted molar refractivity (Wildman–Crippen MR) is 58.3 cm³/mol. The van der Waals surface area contributed by atoms with Gasteiger partial charge in [0.2, 0.25) is 29.1 Å². The van der Waals surface area contributed by atoms with E-state index in [1.54, 1.807) is 0 Å². The van der Waals surface area contributed by atoms with E-state index < -0.39 is 69.0 Å².